The molecule has 0 saturated heterocycles. The zero-order chi connectivity index (χ0) is 20.4. The normalized spacial score (nSPS) is 17.9. The molecule has 0 atom stereocenters. The summed E-state index contributed by atoms with van der Waals surface area (Å²) in [6.07, 6.45) is 7.02. The highest BCUT2D eigenvalue weighted by Gasteiger charge is 2.26. The first-order valence-electron chi connectivity index (χ1n) is 9.31. The Balaban J connectivity index is 2.34. The molecule has 0 N–H and O–H groups in total. The van der Waals surface area contributed by atoms with Gasteiger partial charge in [0, 0.05) is 25.2 Å². The molecular weight excluding hydrogens is 344 g/mol. The summed E-state index contributed by atoms with van der Waals surface area (Å²) in [6, 6.07) is 3.87. The molecule has 0 radical (unpaired) electrons. The van der Waals surface area contributed by atoms with E-state index in [1.54, 1.807) is 27.1 Å². The van der Waals surface area contributed by atoms with E-state index in [2.05, 4.69) is 20.8 Å². The Morgan fingerprint density at radius 1 is 1.26 bits per heavy atom. The van der Waals surface area contributed by atoms with Crippen LogP contribution in [0.2, 0.25) is 0 Å². The van der Waals surface area contributed by atoms with Crippen molar-refractivity contribution in [2.45, 2.75) is 47.0 Å². The van der Waals surface area contributed by atoms with E-state index in [1.165, 1.54) is 34.6 Å². The van der Waals surface area contributed by atoms with Crippen molar-refractivity contribution < 1.29 is 13.6 Å². The van der Waals surface area contributed by atoms with Crippen LogP contribution in [0.15, 0.2) is 47.1 Å². The molecule has 146 valence electrons. The lowest BCUT2D eigenvalue weighted by atomic mass is 9.72. The molecule has 27 heavy (non-hydrogen) atoms. The minimum absolute atomic E-state index is 0.0645. The van der Waals surface area contributed by atoms with Crippen LogP contribution >= 0.6 is 0 Å². The van der Waals surface area contributed by atoms with Crippen molar-refractivity contribution >= 4 is 11.7 Å². The van der Waals surface area contributed by atoms with Gasteiger partial charge in [-0.2, -0.15) is 0 Å². The van der Waals surface area contributed by atoms with Crippen molar-refractivity contribution in [3.63, 3.8) is 0 Å². The van der Waals surface area contributed by atoms with Crippen LogP contribution < -0.4 is 0 Å². The van der Waals surface area contributed by atoms with Gasteiger partial charge in [0.1, 0.15) is 11.6 Å². The summed E-state index contributed by atoms with van der Waals surface area (Å²) in [5.74, 6) is -1.66. The van der Waals surface area contributed by atoms with Gasteiger partial charge in [0.25, 0.3) is 5.91 Å². The second-order valence-electron chi connectivity index (χ2n) is 8.16. The Labute approximate surface area is 161 Å². The molecule has 1 aromatic rings. The Morgan fingerprint density at radius 3 is 2.48 bits per heavy atom. The van der Waals surface area contributed by atoms with Crippen molar-refractivity contribution in [2.24, 2.45) is 5.41 Å². The lowest BCUT2D eigenvalue weighted by Crippen LogP contribution is -2.21. The van der Waals surface area contributed by atoms with Crippen molar-refractivity contribution in [3.05, 3.63) is 64.0 Å². The molecule has 1 aromatic carbocycles. The zero-order valence-electron chi connectivity index (χ0n) is 17.1. The fourth-order valence-corrected chi connectivity index (χ4v) is 3.59. The molecule has 1 amide bonds. The number of hydrogen-bond donors (Lipinski definition) is 0. The van der Waals surface area contributed by atoms with Gasteiger partial charge in [-0.15, -0.1) is 0 Å². The summed E-state index contributed by atoms with van der Waals surface area (Å²) in [6.45, 7) is 8.15. The predicted molar refractivity (Wildman–Crippen MR) is 108 cm³/mol. The maximum absolute atomic E-state index is 14.8. The van der Waals surface area contributed by atoms with Crippen LogP contribution in [-0.2, 0) is 0 Å². The molecule has 1 aliphatic rings. The monoisotopic (exact) mass is 373 g/mol. The van der Waals surface area contributed by atoms with E-state index in [0.29, 0.717) is 5.57 Å². The number of halogens is 2. The van der Waals surface area contributed by atoms with Crippen molar-refractivity contribution in [1.82, 2.24) is 4.90 Å². The van der Waals surface area contributed by atoms with Crippen LogP contribution in [0.25, 0.3) is 5.83 Å². The molecule has 4 heteroatoms. The molecule has 0 spiro atoms. The van der Waals surface area contributed by atoms with Gasteiger partial charge in [-0.05, 0) is 67.9 Å². The molecular formula is C23H29F2NO. The number of carbonyl (C=O) groups excluding carboxylic acids is 1. The minimum Gasteiger partial charge on any atom is -0.345 e. The maximum atomic E-state index is 14.8. The van der Waals surface area contributed by atoms with E-state index in [4.69, 9.17) is 0 Å². The highest BCUT2D eigenvalue weighted by molar-refractivity contribution is 5.94. The predicted octanol–water partition coefficient (Wildman–Crippen LogP) is 6.31. The zero-order valence-corrected chi connectivity index (χ0v) is 17.1. The number of nitrogens with zero attached hydrogens (tertiary/aromatic N) is 1. The second-order valence-corrected chi connectivity index (χ2v) is 8.16. The molecule has 0 unspecified atom stereocenters. The van der Waals surface area contributed by atoms with Crippen LogP contribution in [0, 0.1) is 11.2 Å². The summed E-state index contributed by atoms with van der Waals surface area (Å²) in [5, 5.41) is 0. The van der Waals surface area contributed by atoms with Gasteiger partial charge in [0.05, 0.1) is 0 Å². The summed E-state index contributed by atoms with van der Waals surface area (Å²) in [4.78, 5) is 13.3. The van der Waals surface area contributed by atoms with E-state index in [-0.39, 0.29) is 22.4 Å². The molecule has 0 saturated carbocycles. The molecule has 1 aliphatic carbocycles. The number of carbonyl (C=O) groups is 1. The third-order valence-electron chi connectivity index (χ3n) is 5.25. The summed E-state index contributed by atoms with van der Waals surface area (Å²) < 4.78 is 29.2. The molecule has 0 aromatic heterocycles. The molecule has 0 heterocycles. The Bertz CT molecular complexity index is 829. The first-order chi connectivity index (χ1) is 12.5. The number of rotatable bonds is 4. The van der Waals surface area contributed by atoms with E-state index in [9.17, 15) is 13.6 Å². The van der Waals surface area contributed by atoms with Crippen molar-refractivity contribution in [3.8, 4) is 0 Å². The average Bonchev–Trinajstić information content (AvgIpc) is 2.59. The first-order valence-corrected chi connectivity index (χ1v) is 9.31. The molecule has 0 fully saturated rings. The van der Waals surface area contributed by atoms with Crippen LogP contribution in [0.4, 0.5) is 8.78 Å². The quantitative estimate of drug-likeness (QED) is 0.566. The Morgan fingerprint density at radius 2 is 1.93 bits per heavy atom. The van der Waals surface area contributed by atoms with E-state index >= 15 is 0 Å². The van der Waals surface area contributed by atoms with E-state index in [1.807, 2.05) is 6.08 Å². The fourth-order valence-electron chi connectivity index (χ4n) is 3.59. The van der Waals surface area contributed by atoms with Gasteiger partial charge in [-0.25, -0.2) is 8.78 Å². The largest absolute Gasteiger partial charge is 0.345 e. The number of amides is 1. The number of benzene rings is 1. The van der Waals surface area contributed by atoms with Gasteiger partial charge in [-0.1, -0.05) is 31.6 Å². The van der Waals surface area contributed by atoms with Crippen LogP contribution in [-0.4, -0.2) is 24.9 Å². The Hall–Kier alpha value is -2.23. The van der Waals surface area contributed by atoms with E-state index < -0.39 is 11.6 Å². The highest BCUT2D eigenvalue weighted by atomic mass is 19.1. The molecule has 0 aliphatic heterocycles. The average molecular weight is 373 g/mol. The minimum atomic E-state index is -0.735. The van der Waals surface area contributed by atoms with Gasteiger partial charge in [0.15, 0.2) is 0 Å². The van der Waals surface area contributed by atoms with Crippen LogP contribution in [0.5, 0.6) is 0 Å². The fraction of sp³-hybridized carbons (Fsp3) is 0.435. The topological polar surface area (TPSA) is 20.3 Å². The third kappa shape index (κ3) is 4.74. The number of allylic oxidation sites excluding steroid dienone is 5. The molecule has 2 rings (SSSR count). The van der Waals surface area contributed by atoms with Gasteiger partial charge >= 0.3 is 0 Å². The second kappa shape index (κ2) is 8.20. The van der Waals surface area contributed by atoms with Crippen molar-refractivity contribution in [2.75, 3.05) is 14.1 Å². The van der Waals surface area contributed by atoms with E-state index in [0.717, 1.165) is 18.9 Å². The molecule has 2 nitrogen and oxygen atoms in total. The standard InChI is InChI=1S/C23H29F2NO/c1-15-8-7-13-23(3,4)19(15)12-9-16(2)21(25)18-11-10-17(14-20(18)24)22(27)26(5)6/h9-12,14H,7-8,13H2,1-6H3/b12-9+,21-16-. The van der Waals surface area contributed by atoms with Crippen molar-refractivity contribution in [1.29, 1.82) is 0 Å². The lowest BCUT2D eigenvalue weighted by Gasteiger charge is -2.33. The summed E-state index contributed by atoms with van der Waals surface area (Å²) in [7, 11) is 3.18. The SMILES string of the molecule is CC1=C(/C=C/C(C)=C(\F)c2ccc(C(=O)N(C)C)cc2F)C(C)(C)CCC1. The van der Waals surface area contributed by atoms with Gasteiger partial charge < -0.3 is 4.90 Å². The first kappa shape index (κ1) is 21.1. The Kier molecular flexibility index (Phi) is 6.40. The summed E-state index contributed by atoms with van der Waals surface area (Å²) >= 11 is 0. The summed E-state index contributed by atoms with van der Waals surface area (Å²) in [5.41, 5.74) is 3.06. The third-order valence-corrected chi connectivity index (χ3v) is 5.25. The van der Waals surface area contributed by atoms with Crippen LogP contribution in [0.3, 0.4) is 0 Å². The smallest absolute Gasteiger partial charge is 0.253 e. The van der Waals surface area contributed by atoms with Gasteiger partial charge in [-0.3, -0.25) is 4.79 Å². The van der Waals surface area contributed by atoms with Crippen LogP contribution in [0.1, 0.15) is 62.9 Å². The lowest BCUT2D eigenvalue weighted by molar-refractivity contribution is 0.0827. The molecule has 0 bridgehead atoms. The maximum Gasteiger partial charge on any atom is 0.253 e. The number of hydrogen-bond acceptors (Lipinski definition) is 1. The highest BCUT2D eigenvalue weighted by Crippen LogP contribution is 2.41. The van der Waals surface area contributed by atoms with Gasteiger partial charge in [0.2, 0.25) is 0 Å².